The Bertz CT molecular complexity index is 804. The zero-order valence-corrected chi connectivity index (χ0v) is 15.5. The second-order valence-corrected chi connectivity index (χ2v) is 9.52. The summed E-state index contributed by atoms with van der Waals surface area (Å²) >= 11 is 1.37. The van der Waals surface area contributed by atoms with Crippen molar-refractivity contribution in [2.75, 3.05) is 30.1 Å². The number of aliphatic imine (C=N–C) groups is 1. The Balaban J connectivity index is 2.01. The number of carbonyl (C=O) groups is 1. The molecule has 2 fully saturated rings. The van der Waals surface area contributed by atoms with Gasteiger partial charge in [0.2, 0.25) is 0 Å². The van der Waals surface area contributed by atoms with E-state index in [4.69, 9.17) is 4.74 Å². The highest BCUT2D eigenvalue weighted by molar-refractivity contribution is 8.16. The number of benzene rings is 1. The maximum absolute atomic E-state index is 12.0. The largest absolute Gasteiger partial charge is 0.375 e. The van der Waals surface area contributed by atoms with Crippen molar-refractivity contribution in [1.29, 1.82) is 0 Å². The van der Waals surface area contributed by atoms with Crippen molar-refractivity contribution in [3.8, 4) is 0 Å². The van der Waals surface area contributed by atoms with Crippen molar-refractivity contribution in [3.05, 3.63) is 29.3 Å². The molecule has 8 heteroatoms. The van der Waals surface area contributed by atoms with Gasteiger partial charge in [0.25, 0.3) is 5.91 Å². The molecule has 2 heterocycles. The Kier molecular flexibility index (Phi) is 4.72. The van der Waals surface area contributed by atoms with E-state index in [1.165, 1.54) is 18.9 Å². The van der Waals surface area contributed by atoms with Gasteiger partial charge in [-0.25, -0.2) is 8.42 Å². The molecule has 1 amide bonds. The SMILES string of the molecule is COCC(=O)N=C1S[C@H]2CS(=O)(=O)C[C@H]2N1c1ccc(C)c(C)c1. The summed E-state index contributed by atoms with van der Waals surface area (Å²) in [6, 6.07) is 5.78. The summed E-state index contributed by atoms with van der Waals surface area (Å²) < 4.78 is 28.8. The predicted molar refractivity (Wildman–Crippen MR) is 96.5 cm³/mol. The van der Waals surface area contributed by atoms with Crippen LogP contribution in [0.4, 0.5) is 5.69 Å². The van der Waals surface area contributed by atoms with E-state index in [-0.39, 0.29) is 35.3 Å². The Morgan fingerprint density at radius 3 is 2.75 bits per heavy atom. The number of methoxy groups -OCH3 is 1. The number of carbonyl (C=O) groups excluding carboxylic acids is 1. The quantitative estimate of drug-likeness (QED) is 0.806. The minimum absolute atomic E-state index is 0.0849. The zero-order chi connectivity index (χ0) is 17.5. The summed E-state index contributed by atoms with van der Waals surface area (Å²) in [5.41, 5.74) is 3.15. The Labute approximate surface area is 146 Å². The Morgan fingerprint density at radius 2 is 2.08 bits per heavy atom. The van der Waals surface area contributed by atoms with Crippen molar-refractivity contribution in [2.45, 2.75) is 25.1 Å². The molecule has 0 bridgehead atoms. The van der Waals surface area contributed by atoms with Gasteiger partial charge in [0.1, 0.15) is 6.61 Å². The molecule has 2 saturated heterocycles. The van der Waals surface area contributed by atoms with Gasteiger partial charge in [-0.05, 0) is 37.1 Å². The standard InChI is InChI=1S/C16H20N2O4S2/c1-10-4-5-12(6-11(10)2)18-13-8-24(20,21)9-14(13)23-16(18)17-15(19)7-22-3/h4-6,13-14H,7-9H2,1-3H3/t13-,14+/m1/s1. The maximum Gasteiger partial charge on any atom is 0.274 e. The monoisotopic (exact) mass is 368 g/mol. The first-order valence-corrected chi connectivity index (χ1v) is 10.3. The minimum Gasteiger partial charge on any atom is -0.375 e. The van der Waals surface area contributed by atoms with Gasteiger partial charge in [-0.1, -0.05) is 17.8 Å². The minimum atomic E-state index is -3.05. The maximum atomic E-state index is 12.0. The van der Waals surface area contributed by atoms with E-state index in [2.05, 4.69) is 4.99 Å². The molecule has 2 aliphatic rings. The normalized spacial score (nSPS) is 26.8. The second kappa shape index (κ2) is 6.50. The highest BCUT2D eigenvalue weighted by Gasteiger charge is 2.49. The highest BCUT2D eigenvalue weighted by atomic mass is 32.2. The Morgan fingerprint density at radius 1 is 1.33 bits per heavy atom. The van der Waals surface area contributed by atoms with Crippen LogP contribution in [0.3, 0.4) is 0 Å². The van der Waals surface area contributed by atoms with Gasteiger partial charge < -0.3 is 9.64 Å². The van der Waals surface area contributed by atoms with Gasteiger partial charge in [-0.15, -0.1) is 0 Å². The molecule has 3 rings (SSSR count). The van der Waals surface area contributed by atoms with E-state index in [0.717, 1.165) is 16.8 Å². The van der Waals surface area contributed by atoms with E-state index in [1.807, 2.05) is 36.9 Å². The molecule has 0 unspecified atom stereocenters. The van der Waals surface area contributed by atoms with Crippen LogP contribution in [-0.2, 0) is 19.4 Å². The number of nitrogens with zero attached hydrogens (tertiary/aromatic N) is 2. The summed E-state index contributed by atoms with van der Waals surface area (Å²) in [6.07, 6.45) is 0. The second-order valence-electron chi connectivity index (χ2n) is 6.16. The predicted octanol–water partition coefficient (Wildman–Crippen LogP) is 1.55. The molecule has 24 heavy (non-hydrogen) atoms. The van der Waals surface area contributed by atoms with Crippen LogP contribution in [0.25, 0.3) is 0 Å². The van der Waals surface area contributed by atoms with E-state index in [0.29, 0.717) is 5.17 Å². The molecule has 0 spiro atoms. The zero-order valence-electron chi connectivity index (χ0n) is 13.9. The first kappa shape index (κ1) is 17.4. The molecular weight excluding hydrogens is 348 g/mol. The Hall–Kier alpha value is -1.38. The van der Waals surface area contributed by atoms with Crippen LogP contribution in [0.1, 0.15) is 11.1 Å². The van der Waals surface area contributed by atoms with Gasteiger partial charge in [-0.2, -0.15) is 4.99 Å². The summed E-state index contributed by atoms with van der Waals surface area (Å²) in [5, 5.41) is 0.468. The number of anilines is 1. The van der Waals surface area contributed by atoms with E-state index < -0.39 is 9.84 Å². The molecular formula is C16H20N2O4S2. The molecule has 130 valence electrons. The number of sulfone groups is 1. The topological polar surface area (TPSA) is 76.0 Å². The lowest BCUT2D eigenvalue weighted by molar-refractivity contribution is -0.121. The van der Waals surface area contributed by atoms with E-state index in [1.54, 1.807) is 0 Å². The van der Waals surface area contributed by atoms with Gasteiger partial charge in [0.05, 0.1) is 17.5 Å². The highest BCUT2D eigenvalue weighted by Crippen LogP contribution is 2.41. The van der Waals surface area contributed by atoms with Crippen molar-refractivity contribution < 1.29 is 17.9 Å². The molecule has 2 atom stereocenters. The number of aryl methyl sites for hydroxylation is 2. The molecule has 0 aromatic heterocycles. The molecule has 2 aliphatic heterocycles. The third-order valence-electron chi connectivity index (χ3n) is 4.32. The molecule has 1 aromatic carbocycles. The van der Waals surface area contributed by atoms with Gasteiger partial charge in [-0.3, -0.25) is 4.79 Å². The number of rotatable bonds is 3. The van der Waals surface area contributed by atoms with Crippen LogP contribution in [0, 0.1) is 13.8 Å². The number of ether oxygens (including phenoxy) is 1. The van der Waals surface area contributed by atoms with Crippen LogP contribution in [0.15, 0.2) is 23.2 Å². The molecule has 1 aromatic rings. The summed E-state index contributed by atoms with van der Waals surface area (Å²) in [5.74, 6) is -0.146. The summed E-state index contributed by atoms with van der Waals surface area (Å²) in [6.45, 7) is 3.95. The molecule has 0 radical (unpaired) electrons. The van der Waals surface area contributed by atoms with E-state index in [9.17, 15) is 13.2 Å². The lowest BCUT2D eigenvalue weighted by atomic mass is 10.1. The fraction of sp³-hybridized carbons (Fsp3) is 0.500. The van der Waals surface area contributed by atoms with Crippen molar-refractivity contribution in [2.24, 2.45) is 4.99 Å². The number of thioether (sulfide) groups is 1. The summed E-state index contributed by atoms with van der Waals surface area (Å²) in [7, 11) is -1.61. The van der Waals surface area contributed by atoms with Crippen LogP contribution >= 0.6 is 11.8 Å². The van der Waals surface area contributed by atoms with Crippen molar-refractivity contribution in [3.63, 3.8) is 0 Å². The fourth-order valence-electron chi connectivity index (χ4n) is 3.00. The summed E-state index contributed by atoms with van der Waals surface area (Å²) in [4.78, 5) is 17.9. The van der Waals surface area contributed by atoms with Crippen molar-refractivity contribution in [1.82, 2.24) is 0 Å². The lowest BCUT2D eigenvalue weighted by Crippen LogP contribution is -2.37. The van der Waals surface area contributed by atoms with Crippen LogP contribution in [0.5, 0.6) is 0 Å². The smallest absolute Gasteiger partial charge is 0.274 e. The van der Waals surface area contributed by atoms with Crippen LogP contribution in [0.2, 0.25) is 0 Å². The average molecular weight is 368 g/mol. The number of amides is 1. The number of amidine groups is 1. The molecule has 0 N–H and O–H groups in total. The van der Waals surface area contributed by atoms with Gasteiger partial charge >= 0.3 is 0 Å². The van der Waals surface area contributed by atoms with Crippen LogP contribution < -0.4 is 4.90 Å². The number of fused-ring (bicyclic) bond motifs is 1. The lowest BCUT2D eigenvalue weighted by Gasteiger charge is -2.25. The number of hydrogen-bond donors (Lipinski definition) is 0. The fourth-order valence-corrected chi connectivity index (χ4v) is 6.94. The first-order chi connectivity index (χ1) is 11.3. The third kappa shape index (κ3) is 3.36. The third-order valence-corrected chi connectivity index (χ3v) is 7.53. The number of hydrogen-bond acceptors (Lipinski definition) is 5. The van der Waals surface area contributed by atoms with Gasteiger partial charge in [0, 0.05) is 18.0 Å². The first-order valence-electron chi connectivity index (χ1n) is 7.65. The van der Waals surface area contributed by atoms with E-state index >= 15 is 0 Å². The van der Waals surface area contributed by atoms with Crippen molar-refractivity contribution >= 4 is 38.4 Å². The van der Waals surface area contributed by atoms with Crippen LogP contribution in [-0.4, -0.2) is 56.0 Å². The molecule has 0 aliphatic carbocycles. The van der Waals surface area contributed by atoms with Gasteiger partial charge in [0.15, 0.2) is 15.0 Å². The average Bonchev–Trinajstić information content (AvgIpc) is 2.93. The molecule has 0 saturated carbocycles. The molecule has 6 nitrogen and oxygen atoms in total.